The minimum absolute atomic E-state index is 0.00498. The fourth-order valence-electron chi connectivity index (χ4n) is 3.07. The van der Waals surface area contributed by atoms with Gasteiger partial charge < -0.3 is 19.9 Å². The number of rotatable bonds is 9. The Morgan fingerprint density at radius 2 is 1.79 bits per heavy atom. The molecule has 0 saturated carbocycles. The molecule has 6 nitrogen and oxygen atoms in total. The molecule has 0 atom stereocenters. The molecule has 0 aliphatic carbocycles. The lowest BCUT2D eigenvalue weighted by Gasteiger charge is -2.21. The summed E-state index contributed by atoms with van der Waals surface area (Å²) in [7, 11) is 0. The third kappa shape index (κ3) is 5.36. The molecule has 146 valence electrons. The molecule has 0 saturated heterocycles. The molecule has 2 amide bonds. The van der Waals surface area contributed by atoms with Crippen molar-refractivity contribution in [3.05, 3.63) is 66.4 Å². The van der Waals surface area contributed by atoms with E-state index in [9.17, 15) is 9.59 Å². The molecule has 0 bridgehead atoms. The van der Waals surface area contributed by atoms with Crippen molar-refractivity contribution in [3.8, 4) is 5.75 Å². The van der Waals surface area contributed by atoms with Gasteiger partial charge in [0.1, 0.15) is 5.75 Å². The van der Waals surface area contributed by atoms with Crippen molar-refractivity contribution in [1.82, 2.24) is 15.2 Å². The lowest BCUT2D eigenvalue weighted by atomic mass is 10.1. The van der Waals surface area contributed by atoms with E-state index < -0.39 is 0 Å². The van der Waals surface area contributed by atoms with Crippen LogP contribution in [0.25, 0.3) is 10.9 Å². The third-order valence-corrected chi connectivity index (χ3v) is 4.59. The van der Waals surface area contributed by atoms with Crippen LogP contribution in [0.4, 0.5) is 0 Å². The van der Waals surface area contributed by atoms with E-state index >= 15 is 0 Å². The average Bonchev–Trinajstić information content (AvgIpc) is 3.12. The molecule has 0 radical (unpaired) electrons. The molecule has 2 aromatic carbocycles. The number of ether oxygens (including phenoxy) is 1. The van der Waals surface area contributed by atoms with Gasteiger partial charge in [0.05, 0.1) is 0 Å². The summed E-state index contributed by atoms with van der Waals surface area (Å²) < 4.78 is 5.41. The van der Waals surface area contributed by atoms with Crippen LogP contribution >= 0.6 is 0 Å². The second-order valence-electron chi connectivity index (χ2n) is 6.57. The van der Waals surface area contributed by atoms with Crippen molar-refractivity contribution < 1.29 is 14.3 Å². The van der Waals surface area contributed by atoms with E-state index in [0.29, 0.717) is 25.4 Å². The minimum Gasteiger partial charge on any atom is -0.484 e. The van der Waals surface area contributed by atoms with Crippen LogP contribution in [0.15, 0.2) is 60.8 Å². The van der Waals surface area contributed by atoms with Crippen molar-refractivity contribution in [1.29, 1.82) is 0 Å². The normalized spacial score (nSPS) is 10.6. The number of carbonyl (C=O) groups excluding carboxylic acids is 2. The first-order chi connectivity index (χ1) is 13.6. The summed E-state index contributed by atoms with van der Waals surface area (Å²) in [6.45, 7) is 2.97. The van der Waals surface area contributed by atoms with Crippen LogP contribution in [0.2, 0.25) is 0 Å². The molecule has 0 spiro atoms. The number of aromatic nitrogens is 1. The van der Waals surface area contributed by atoms with Crippen molar-refractivity contribution in [2.45, 2.75) is 13.3 Å². The summed E-state index contributed by atoms with van der Waals surface area (Å²) in [4.78, 5) is 28.9. The number of H-pyrrole nitrogens is 1. The largest absolute Gasteiger partial charge is 0.484 e. The van der Waals surface area contributed by atoms with Crippen LogP contribution in [0.5, 0.6) is 5.75 Å². The summed E-state index contributed by atoms with van der Waals surface area (Å²) >= 11 is 0. The number of nitrogens with zero attached hydrogens (tertiary/aromatic N) is 1. The summed E-state index contributed by atoms with van der Waals surface area (Å²) in [6.07, 6.45) is 2.75. The first-order valence-corrected chi connectivity index (χ1v) is 9.38. The molecule has 1 heterocycles. The minimum atomic E-state index is -0.205. The molecule has 0 aliphatic heterocycles. The highest BCUT2D eigenvalue weighted by Gasteiger charge is 2.11. The Bertz CT molecular complexity index is 921. The van der Waals surface area contributed by atoms with Gasteiger partial charge in [0.15, 0.2) is 6.61 Å². The second kappa shape index (κ2) is 9.60. The van der Waals surface area contributed by atoms with Crippen LogP contribution in [0.3, 0.4) is 0 Å². The van der Waals surface area contributed by atoms with Gasteiger partial charge in [0.2, 0.25) is 5.91 Å². The Morgan fingerprint density at radius 1 is 1.04 bits per heavy atom. The zero-order chi connectivity index (χ0) is 19.8. The average molecular weight is 379 g/mol. The van der Waals surface area contributed by atoms with E-state index in [2.05, 4.69) is 16.4 Å². The van der Waals surface area contributed by atoms with Crippen molar-refractivity contribution in [2.75, 3.05) is 26.2 Å². The first kappa shape index (κ1) is 19.5. The lowest BCUT2D eigenvalue weighted by molar-refractivity contribution is -0.129. The molecule has 28 heavy (non-hydrogen) atoms. The van der Waals surface area contributed by atoms with Gasteiger partial charge in [0, 0.05) is 43.7 Å². The number of amides is 2. The highest BCUT2D eigenvalue weighted by molar-refractivity contribution is 5.83. The molecule has 0 aliphatic rings. The standard InChI is InChI=1S/C22H25N3O3/c1-17(26)25(13-11-18-15-24-21-10-6-5-9-20(18)21)14-12-23-22(27)16-28-19-7-3-2-4-8-19/h2-10,15,24H,11-14,16H2,1H3,(H,23,27). The maximum absolute atomic E-state index is 11.9. The predicted molar refractivity (Wildman–Crippen MR) is 109 cm³/mol. The van der Waals surface area contributed by atoms with Crippen LogP contribution < -0.4 is 10.1 Å². The zero-order valence-electron chi connectivity index (χ0n) is 16.0. The van der Waals surface area contributed by atoms with Crippen LogP contribution in [0, 0.1) is 0 Å². The van der Waals surface area contributed by atoms with Gasteiger partial charge in [-0.1, -0.05) is 36.4 Å². The first-order valence-electron chi connectivity index (χ1n) is 9.38. The van der Waals surface area contributed by atoms with E-state index in [1.807, 2.05) is 42.6 Å². The predicted octanol–water partition coefficient (Wildman–Crippen LogP) is 2.75. The maximum atomic E-state index is 11.9. The molecule has 0 fully saturated rings. The van der Waals surface area contributed by atoms with Gasteiger partial charge in [-0.05, 0) is 30.2 Å². The number of carbonyl (C=O) groups is 2. The SMILES string of the molecule is CC(=O)N(CCNC(=O)COc1ccccc1)CCc1c[nH]c2ccccc12. The van der Waals surface area contributed by atoms with E-state index in [4.69, 9.17) is 4.74 Å². The molecule has 3 aromatic rings. The third-order valence-electron chi connectivity index (χ3n) is 4.59. The molecule has 1 aromatic heterocycles. The fourth-order valence-corrected chi connectivity index (χ4v) is 3.07. The van der Waals surface area contributed by atoms with E-state index in [1.165, 1.54) is 10.9 Å². The Labute approximate surface area is 164 Å². The smallest absolute Gasteiger partial charge is 0.258 e. The Balaban J connectivity index is 1.43. The molecular weight excluding hydrogens is 354 g/mol. The molecule has 3 rings (SSSR count). The van der Waals surface area contributed by atoms with Gasteiger partial charge >= 0.3 is 0 Å². The van der Waals surface area contributed by atoms with Crippen LogP contribution in [-0.4, -0.2) is 47.9 Å². The van der Waals surface area contributed by atoms with Gasteiger partial charge in [-0.15, -0.1) is 0 Å². The van der Waals surface area contributed by atoms with Crippen LogP contribution in [-0.2, 0) is 16.0 Å². The van der Waals surface area contributed by atoms with E-state index in [1.54, 1.807) is 24.0 Å². The monoisotopic (exact) mass is 379 g/mol. The highest BCUT2D eigenvalue weighted by atomic mass is 16.5. The quantitative estimate of drug-likeness (QED) is 0.600. The number of para-hydroxylation sites is 2. The Hall–Kier alpha value is -3.28. The molecule has 0 unspecified atom stereocenters. The molecular formula is C22H25N3O3. The van der Waals surface area contributed by atoms with Crippen LogP contribution in [0.1, 0.15) is 12.5 Å². The number of hydrogen-bond acceptors (Lipinski definition) is 3. The highest BCUT2D eigenvalue weighted by Crippen LogP contribution is 2.18. The summed E-state index contributed by atoms with van der Waals surface area (Å²) in [6, 6.07) is 17.3. The maximum Gasteiger partial charge on any atom is 0.258 e. The van der Waals surface area contributed by atoms with Crippen molar-refractivity contribution in [3.63, 3.8) is 0 Å². The number of benzene rings is 2. The number of fused-ring (bicyclic) bond motifs is 1. The zero-order valence-corrected chi connectivity index (χ0v) is 16.0. The fraction of sp³-hybridized carbons (Fsp3) is 0.273. The van der Waals surface area contributed by atoms with Gasteiger partial charge in [-0.25, -0.2) is 0 Å². The Kier molecular flexibility index (Phi) is 6.68. The number of hydrogen-bond donors (Lipinski definition) is 2. The van der Waals surface area contributed by atoms with E-state index in [-0.39, 0.29) is 18.4 Å². The lowest BCUT2D eigenvalue weighted by Crippen LogP contribution is -2.39. The molecule has 2 N–H and O–H groups in total. The summed E-state index contributed by atoms with van der Waals surface area (Å²) in [5, 5.41) is 3.98. The molecule has 6 heteroatoms. The number of nitrogens with one attached hydrogen (secondary N) is 2. The summed E-state index contributed by atoms with van der Waals surface area (Å²) in [5.74, 6) is 0.445. The van der Waals surface area contributed by atoms with Crippen molar-refractivity contribution >= 4 is 22.7 Å². The van der Waals surface area contributed by atoms with Crippen molar-refractivity contribution in [2.24, 2.45) is 0 Å². The van der Waals surface area contributed by atoms with Gasteiger partial charge in [-0.3, -0.25) is 9.59 Å². The number of aromatic amines is 1. The second-order valence-corrected chi connectivity index (χ2v) is 6.57. The Morgan fingerprint density at radius 3 is 2.57 bits per heavy atom. The topological polar surface area (TPSA) is 74.4 Å². The van der Waals surface area contributed by atoms with E-state index in [0.717, 1.165) is 11.9 Å². The van der Waals surface area contributed by atoms with Gasteiger partial charge in [0.25, 0.3) is 5.91 Å². The summed E-state index contributed by atoms with van der Waals surface area (Å²) in [5.41, 5.74) is 2.28. The van der Waals surface area contributed by atoms with Gasteiger partial charge in [-0.2, -0.15) is 0 Å².